The van der Waals surface area contributed by atoms with Gasteiger partial charge in [-0.2, -0.15) is 0 Å². The summed E-state index contributed by atoms with van der Waals surface area (Å²) in [7, 11) is 0. The number of nitrogens with one attached hydrogen (secondary N) is 2. The Balaban J connectivity index is 1.51. The summed E-state index contributed by atoms with van der Waals surface area (Å²) in [6.07, 6.45) is 5.30. The number of aliphatic hydroxyl groups is 2. The number of nitrogens with zero attached hydrogens (tertiary/aromatic N) is 2. The number of fused-ring (bicyclic) bond motifs is 2. The summed E-state index contributed by atoms with van der Waals surface area (Å²) < 4.78 is 0. The van der Waals surface area contributed by atoms with E-state index in [1.807, 2.05) is 49.4 Å². The summed E-state index contributed by atoms with van der Waals surface area (Å²) in [6.45, 7) is 4.11. The van der Waals surface area contributed by atoms with Crippen molar-refractivity contribution in [3.05, 3.63) is 65.4 Å². The molecule has 2 aliphatic rings. The molecule has 1 saturated carbocycles. The molecule has 0 aliphatic heterocycles. The molecule has 2 aromatic heterocycles. The minimum absolute atomic E-state index is 0.0254. The Bertz CT molecular complexity index is 1190. The molecule has 4 N–H and O–H groups in total. The standard InChI is InChI=1S/C27H32N4O3S/c1-26-11-10-22(33)27(2,16-32)21(26)14-20-24(31-25(35-20)30-18-9-6-12-28-15-18)19(26)13-23(34)29-17-7-4-3-5-8-17/h3-9,12,15,19,21-22,32-33H,10-11,13-14,16H2,1-2H3,(H,29,34)(H,30,31). The van der Waals surface area contributed by atoms with E-state index in [1.54, 1.807) is 23.7 Å². The van der Waals surface area contributed by atoms with E-state index in [9.17, 15) is 15.0 Å². The quantitative estimate of drug-likeness (QED) is 0.396. The lowest BCUT2D eigenvalue weighted by Gasteiger charge is -2.58. The first-order chi connectivity index (χ1) is 16.8. The lowest BCUT2D eigenvalue weighted by Crippen LogP contribution is -2.57. The molecular formula is C27H32N4O3S. The van der Waals surface area contributed by atoms with Gasteiger partial charge in [-0.1, -0.05) is 32.0 Å². The number of amides is 1. The van der Waals surface area contributed by atoms with Gasteiger partial charge in [0.2, 0.25) is 5.91 Å². The number of rotatable bonds is 6. The van der Waals surface area contributed by atoms with E-state index in [4.69, 9.17) is 4.98 Å². The molecule has 0 radical (unpaired) electrons. The molecule has 1 amide bonds. The van der Waals surface area contributed by atoms with E-state index in [0.29, 0.717) is 12.8 Å². The summed E-state index contributed by atoms with van der Waals surface area (Å²) in [5, 5.41) is 28.5. The van der Waals surface area contributed by atoms with Crippen LogP contribution in [0.5, 0.6) is 0 Å². The van der Waals surface area contributed by atoms with Crippen molar-refractivity contribution in [1.29, 1.82) is 0 Å². The van der Waals surface area contributed by atoms with E-state index in [-0.39, 0.29) is 29.8 Å². The van der Waals surface area contributed by atoms with E-state index in [2.05, 4.69) is 22.5 Å². The SMILES string of the molecule is CC1(CO)C(O)CCC2(C)C(CC(=O)Nc3ccccc3)c3nc(Nc4cccnc4)sc3CC12. The Hall–Kier alpha value is -2.81. The largest absolute Gasteiger partial charge is 0.396 e. The van der Waals surface area contributed by atoms with Crippen LogP contribution in [-0.4, -0.2) is 38.8 Å². The molecule has 1 aromatic carbocycles. The van der Waals surface area contributed by atoms with Crippen molar-refractivity contribution in [2.45, 2.75) is 51.6 Å². The number of aliphatic hydroxyl groups excluding tert-OH is 2. The van der Waals surface area contributed by atoms with Crippen molar-refractivity contribution in [1.82, 2.24) is 9.97 Å². The fraction of sp³-hybridized carbons (Fsp3) is 0.444. The minimum atomic E-state index is -0.639. The van der Waals surface area contributed by atoms with Crippen LogP contribution in [0.15, 0.2) is 54.9 Å². The molecular weight excluding hydrogens is 460 g/mol. The summed E-state index contributed by atoms with van der Waals surface area (Å²) in [6, 6.07) is 13.3. The second kappa shape index (κ2) is 9.33. The topological polar surface area (TPSA) is 107 Å². The number of anilines is 3. The van der Waals surface area contributed by atoms with E-state index < -0.39 is 11.5 Å². The first-order valence-electron chi connectivity index (χ1n) is 12.1. The molecule has 184 valence electrons. The Morgan fingerprint density at radius 1 is 1.17 bits per heavy atom. The van der Waals surface area contributed by atoms with Gasteiger partial charge in [-0.15, -0.1) is 11.3 Å². The Labute approximate surface area is 209 Å². The maximum absolute atomic E-state index is 13.2. The molecule has 1 fully saturated rings. The molecule has 0 spiro atoms. The lowest BCUT2D eigenvalue weighted by molar-refractivity contribution is -0.143. The fourth-order valence-corrected chi connectivity index (χ4v) is 7.27. The number of benzene rings is 1. The van der Waals surface area contributed by atoms with Crippen LogP contribution in [0.2, 0.25) is 0 Å². The van der Waals surface area contributed by atoms with Crippen molar-refractivity contribution >= 4 is 33.8 Å². The molecule has 5 rings (SSSR count). The average molecular weight is 493 g/mol. The number of aromatic nitrogens is 2. The van der Waals surface area contributed by atoms with Gasteiger partial charge in [0.1, 0.15) is 0 Å². The molecule has 7 nitrogen and oxygen atoms in total. The highest BCUT2D eigenvalue weighted by Gasteiger charge is 2.59. The number of pyridine rings is 1. The zero-order valence-electron chi connectivity index (χ0n) is 20.1. The van der Waals surface area contributed by atoms with Crippen LogP contribution < -0.4 is 10.6 Å². The summed E-state index contributed by atoms with van der Waals surface area (Å²) >= 11 is 1.59. The van der Waals surface area contributed by atoms with Gasteiger partial charge in [0.05, 0.1) is 30.3 Å². The van der Waals surface area contributed by atoms with Gasteiger partial charge in [0, 0.05) is 34.5 Å². The molecule has 2 aliphatic carbocycles. The predicted octanol–water partition coefficient (Wildman–Crippen LogP) is 4.73. The Kier molecular flexibility index (Phi) is 6.38. The third-order valence-electron chi connectivity index (χ3n) is 8.25. The van der Waals surface area contributed by atoms with Crippen LogP contribution in [0.1, 0.15) is 49.6 Å². The molecule has 35 heavy (non-hydrogen) atoms. The van der Waals surface area contributed by atoms with Gasteiger partial charge < -0.3 is 20.8 Å². The highest BCUT2D eigenvalue weighted by molar-refractivity contribution is 7.15. The lowest BCUT2D eigenvalue weighted by atomic mass is 9.47. The second-order valence-electron chi connectivity index (χ2n) is 10.3. The molecule has 0 saturated heterocycles. The number of hydrogen-bond acceptors (Lipinski definition) is 7. The molecule has 0 bridgehead atoms. The van der Waals surface area contributed by atoms with Crippen molar-refractivity contribution in [2.24, 2.45) is 16.7 Å². The Morgan fingerprint density at radius 3 is 2.66 bits per heavy atom. The fourth-order valence-electron chi connectivity index (χ4n) is 6.18. The van der Waals surface area contributed by atoms with Crippen LogP contribution in [0, 0.1) is 16.7 Å². The monoisotopic (exact) mass is 492 g/mol. The third-order valence-corrected chi connectivity index (χ3v) is 9.26. The van der Waals surface area contributed by atoms with Gasteiger partial charge >= 0.3 is 0 Å². The van der Waals surface area contributed by atoms with Crippen molar-refractivity contribution < 1.29 is 15.0 Å². The summed E-state index contributed by atoms with van der Waals surface area (Å²) in [5.74, 6) is -0.155. The first kappa shape index (κ1) is 23.9. The highest BCUT2D eigenvalue weighted by atomic mass is 32.1. The van der Waals surface area contributed by atoms with E-state index in [0.717, 1.165) is 39.9 Å². The van der Waals surface area contributed by atoms with E-state index >= 15 is 0 Å². The molecule has 3 aromatic rings. The molecule has 2 heterocycles. The maximum Gasteiger partial charge on any atom is 0.225 e. The third kappa shape index (κ3) is 4.35. The van der Waals surface area contributed by atoms with Gasteiger partial charge in [-0.05, 0) is 54.9 Å². The predicted molar refractivity (Wildman–Crippen MR) is 138 cm³/mol. The van der Waals surface area contributed by atoms with Crippen LogP contribution in [0.3, 0.4) is 0 Å². The smallest absolute Gasteiger partial charge is 0.225 e. The summed E-state index contributed by atoms with van der Waals surface area (Å²) in [5.41, 5.74) is 1.67. The minimum Gasteiger partial charge on any atom is -0.396 e. The van der Waals surface area contributed by atoms with Gasteiger partial charge in [-0.25, -0.2) is 4.98 Å². The number of carbonyl (C=O) groups excluding carboxylic acids is 1. The van der Waals surface area contributed by atoms with Crippen LogP contribution >= 0.6 is 11.3 Å². The van der Waals surface area contributed by atoms with Crippen molar-refractivity contribution in [2.75, 3.05) is 17.2 Å². The molecule has 5 atom stereocenters. The Morgan fingerprint density at radius 2 is 1.94 bits per heavy atom. The number of para-hydroxylation sites is 1. The van der Waals surface area contributed by atoms with Crippen molar-refractivity contribution in [3.8, 4) is 0 Å². The van der Waals surface area contributed by atoms with Crippen LogP contribution in [0.4, 0.5) is 16.5 Å². The maximum atomic E-state index is 13.2. The highest BCUT2D eigenvalue weighted by Crippen LogP contribution is 2.62. The zero-order chi connectivity index (χ0) is 24.6. The van der Waals surface area contributed by atoms with E-state index in [1.165, 1.54) is 0 Å². The van der Waals surface area contributed by atoms with Crippen LogP contribution in [0.25, 0.3) is 0 Å². The molecule has 5 unspecified atom stereocenters. The van der Waals surface area contributed by atoms with Gasteiger partial charge in [0.15, 0.2) is 5.13 Å². The summed E-state index contributed by atoms with van der Waals surface area (Å²) in [4.78, 5) is 23.5. The number of carbonyl (C=O) groups is 1. The van der Waals surface area contributed by atoms with Crippen LogP contribution in [-0.2, 0) is 11.2 Å². The average Bonchev–Trinajstić information content (AvgIpc) is 3.26. The molecule has 8 heteroatoms. The second-order valence-corrected chi connectivity index (χ2v) is 11.4. The van der Waals surface area contributed by atoms with Crippen molar-refractivity contribution in [3.63, 3.8) is 0 Å². The normalized spacial score (nSPS) is 29.7. The number of thiazole rings is 1. The van der Waals surface area contributed by atoms with Gasteiger partial charge in [-0.3, -0.25) is 9.78 Å². The zero-order valence-corrected chi connectivity index (χ0v) is 20.9. The first-order valence-corrected chi connectivity index (χ1v) is 13.0. The number of hydrogen-bond donors (Lipinski definition) is 4. The van der Waals surface area contributed by atoms with Gasteiger partial charge in [0.25, 0.3) is 0 Å².